The van der Waals surface area contributed by atoms with Gasteiger partial charge in [0.05, 0.1) is 16.0 Å². The van der Waals surface area contributed by atoms with Crippen molar-refractivity contribution < 1.29 is 19.1 Å². The van der Waals surface area contributed by atoms with Crippen LogP contribution in [0.3, 0.4) is 0 Å². The number of imide groups is 1. The molecule has 142 valence electrons. The van der Waals surface area contributed by atoms with Gasteiger partial charge in [0.25, 0.3) is 11.8 Å². The highest BCUT2D eigenvalue weighted by Crippen LogP contribution is 2.41. The van der Waals surface area contributed by atoms with Crippen LogP contribution in [-0.2, 0) is 0 Å². The minimum atomic E-state index is -2.05. The first-order chi connectivity index (χ1) is 12.5. The summed E-state index contributed by atoms with van der Waals surface area (Å²) >= 11 is 0.918. The van der Waals surface area contributed by atoms with E-state index < -0.39 is 8.32 Å². The van der Waals surface area contributed by atoms with Crippen molar-refractivity contribution in [3.8, 4) is 11.5 Å². The monoisotopic (exact) mass is 401 g/mol. The number of fused-ring (bicyclic) bond motifs is 1. The summed E-state index contributed by atoms with van der Waals surface area (Å²) in [5, 5.41) is 10.3. The van der Waals surface area contributed by atoms with Gasteiger partial charge in [-0.15, -0.1) is 0 Å². The number of benzene rings is 2. The van der Waals surface area contributed by atoms with Crippen LogP contribution in [0, 0.1) is 0 Å². The Kier molecular flexibility index (Phi) is 4.86. The highest BCUT2D eigenvalue weighted by Gasteiger charge is 2.39. The normalized spacial score (nSPS) is 14.5. The van der Waals surface area contributed by atoms with Gasteiger partial charge in [-0.1, -0.05) is 32.9 Å². The molecule has 3 rings (SSSR count). The van der Waals surface area contributed by atoms with Crippen molar-refractivity contribution in [2.24, 2.45) is 0 Å². The molecule has 0 saturated heterocycles. The van der Waals surface area contributed by atoms with Crippen LogP contribution in [0.5, 0.6) is 11.5 Å². The van der Waals surface area contributed by atoms with Crippen LogP contribution in [0.1, 0.15) is 41.5 Å². The fourth-order valence-electron chi connectivity index (χ4n) is 2.43. The van der Waals surface area contributed by atoms with Crippen LogP contribution in [0.4, 0.5) is 0 Å². The Morgan fingerprint density at radius 3 is 2.07 bits per heavy atom. The number of amides is 2. The van der Waals surface area contributed by atoms with Gasteiger partial charge in [-0.2, -0.15) is 0 Å². The van der Waals surface area contributed by atoms with Crippen molar-refractivity contribution in [1.29, 1.82) is 0 Å². The second-order valence-electron chi connectivity index (χ2n) is 8.03. The Balaban J connectivity index is 1.87. The van der Waals surface area contributed by atoms with E-state index in [9.17, 15) is 14.7 Å². The Morgan fingerprint density at radius 1 is 1.00 bits per heavy atom. The number of carbonyl (C=O) groups is 2. The SMILES string of the molecule is CC(C)(C)[Si](C)(C)Oc1ccc(O)c(SN2C(=O)c3ccccc3C2=O)c1. The molecule has 7 heteroatoms. The first-order valence-electron chi connectivity index (χ1n) is 8.69. The Labute approximate surface area is 164 Å². The molecule has 0 radical (unpaired) electrons. The highest BCUT2D eigenvalue weighted by molar-refractivity contribution is 7.98. The summed E-state index contributed by atoms with van der Waals surface area (Å²) in [4.78, 5) is 25.5. The van der Waals surface area contributed by atoms with Crippen LogP contribution in [0.2, 0.25) is 18.1 Å². The van der Waals surface area contributed by atoms with Crippen LogP contribution in [0.15, 0.2) is 47.4 Å². The highest BCUT2D eigenvalue weighted by atomic mass is 32.2. The Morgan fingerprint density at radius 2 is 1.56 bits per heavy atom. The van der Waals surface area contributed by atoms with Crippen molar-refractivity contribution in [1.82, 2.24) is 4.31 Å². The van der Waals surface area contributed by atoms with E-state index in [4.69, 9.17) is 4.43 Å². The first-order valence-corrected chi connectivity index (χ1v) is 12.4. The van der Waals surface area contributed by atoms with Gasteiger partial charge in [0, 0.05) is 11.9 Å². The molecule has 0 fully saturated rings. The van der Waals surface area contributed by atoms with Gasteiger partial charge >= 0.3 is 0 Å². The summed E-state index contributed by atoms with van der Waals surface area (Å²) in [6, 6.07) is 11.6. The molecule has 0 aromatic heterocycles. The van der Waals surface area contributed by atoms with Crippen LogP contribution in [-0.4, -0.2) is 29.5 Å². The molecule has 0 atom stereocenters. The van der Waals surface area contributed by atoms with E-state index in [1.807, 2.05) is 0 Å². The number of phenolic OH excluding ortho intramolecular Hbond substituents is 1. The molecular formula is C20H23NO4SSi. The Bertz CT molecular complexity index is 885. The maximum Gasteiger partial charge on any atom is 0.272 e. The zero-order valence-electron chi connectivity index (χ0n) is 16.1. The zero-order valence-corrected chi connectivity index (χ0v) is 17.9. The third-order valence-corrected chi connectivity index (χ3v) is 10.5. The molecular weight excluding hydrogens is 378 g/mol. The predicted molar refractivity (Wildman–Crippen MR) is 109 cm³/mol. The first kappa shape index (κ1) is 19.5. The molecule has 0 unspecified atom stereocenters. The molecule has 2 aromatic rings. The summed E-state index contributed by atoms with van der Waals surface area (Å²) in [6.45, 7) is 10.7. The van der Waals surface area contributed by atoms with E-state index in [1.165, 1.54) is 6.07 Å². The van der Waals surface area contributed by atoms with Gasteiger partial charge in [0.2, 0.25) is 8.32 Å². The minimum absolute atomic E-state index is 0.000799. The number of hydrogen-bond acceptors (Lipinski definition) is 5. The van der Waals surface area contributed by atoms with E-state index in [0.29, 0.717) is 21.8 Å². The molecule has 1 aliphatic heterocycles. The third kappa shape index (κ3) is 3.61. The van der Waals surface area contributed by atoms with Crippen LogP contribution >= 0.6 is 11.9 Å². The second kappa shape index (κ2) is 6.72. The van der Waals surface area contributed by atoms with Crippen LogP contribution in [0.25, 0.3) is 0 Å². The van der Waals surface area contributed by atoms with Gasteiger partial charge in [-0.25, -0.2) is 4.31 Å². The summed E-state index contributed by atoms with van der Waals surface area (Å²) in [5.74, 6) is -0.135. The fraction of sp³-hybridized carbons (Fsp3) is 0.300. The average molecular weight is 402 g/mol. The molecule has 1 aliphatic rings. The molecule has 0 saturated carbocycles. The molecule has 2 aromatic carbocycles. The van der Waals surface area contributed by atoms with Crippen molar-refractivity contribution in [2.45, 2.75) is 43.8 Å². The van der Waals surface area contributed by atoms with Gasteiger partial charge in [-0.05, 0) is 48.5 Å². The maximum absolute atomic E-state index is 12.5. The quantitative estimate of drug-likeness (QED) is 0.440. The number of rotatable bonds is 4. The van der Waals surface area contributed by atoms with Gasteiger partial charge < -0.3 is 9.53 Å². The molecule has 2 amide bonds. The summed E-state index contributed by atoms with van der Waals surface area (Å²) in [5.41, 5.74) is 0.756. The lowest BCUT2D eigenvalue weighted by atomic mass is 10.1. The van der Waals surface area contributed by atoms with Crippen molar-refractivity contribution in [3.05, 3.63) is 53.6 Å². The molecule has 27 heavy (non-hydrogen) atoms. The van der Waals surface area contributed by atoms with Crippen molar-refractivity contribution in [2.75, 3.05) is 0 Å². The molecule has 1 N–H and O–H groups in total. The number of phenols is 1. The Hall–Kier alpha value is -2.25. The largest absolute Gasteiger partial charge is 0.543 e. The number of carbonyl (C=O) groups excluding carboxylic acids is 2. The van der Waals surface area contributed by atoms with E-state index >= 15 is 0 Å². The van der Waals surface area contributed by atoms with Gasteiger partial charge in [0.1, 0.15) is 11.5 Å². The molecule has 5 nitrogen and oxygen atoms in total. The van der Waals surface area contributed by atoms with E-state index in [0.717, 1.165) is 16.3 Å². The fourth-order valence-corrected chi connectivity index (χ4v) is 4.34. The van der Waals surface area contributed by atoms with Crippen LogP contribution < -0.4 is 4.43 Å². The third-order valence-electron chi connectivity index (χ3n) is 5.06. The molecule has 1 heterocycles. The lowest BCUT2D eigenvalue weighted by molar-refractivity contribution is 0.0777. The predicted octanol–water partition coefficient (Wildman–Crippen LogP) is 5.08. The average Bonchev–Trinajstić information content (AvgIpc) is 2.82. The van der Waals surface area contributed by atoms with Gasteiger partial charge in [0.15, 0.2) is 0 Å². The zero-order chi connectivity index (χ0) is 20.0. The van der Waals surface area contributed by atoms with Gasteiger partial charge in [-0.3, -0.25) is 9.59 Å². The summed E-state index contributed by atoms with van der Waals surface area (Å²) in [7, 11) is -2.05. The summed E-state index contributed by atoms with van der Waals surface area (Å²) in [6.07, 6.45) is 0. The van der Waals surface area contributed by atoms with E-state index in [1.54, 1.807) is 36.4 Å². The topological polar surface area (TPSA) is 66.8 Å². The van der Waals surface area contributed by atoms with E-state index in [2.05, 4.69) is 33.9 Å². The molecule has 0 aliphatic carbocycles. The van der Waals surface area contributed by atoms with E-state index in [-0.39, 0.29) is 22.6 Å². The minimum Gasteiger partial charge on any atom is -0.543 e. The standard InChI is InChI=1S/C20H23NO4SSi/c1-20(2,3)27(4,5)25-13-10-11-16(22)17(12-13)26-21-18(23)14-8-6-7-9-15(14)19(21)24/h6-12,22H,1-5H3. The number of aromatic hydroxyl groups is 1. The lowest BCUT2D eigenvalue weighted by Gasteiger charge is -2.36. The smallest absolute Gasteiger partial charge is 0.272 e. The molecule has 0 spiro atoms. The second-order valence-corrected chi connectivity index (χ2v) is 13.7. The number of nitrogens with zero attached hydrogens (tertiary/aromatic N) is 1. The maximum atomic E-state index is 12.5. The number of hydrogen-bond donors (Lipinski definition) is 1. The lowest BCUT2D eigenvalue weighted by Crippen LogP contribution is -2.43. The van der Waals surface area contributed by atoms with Crippen molar-refractivity contribution in [3.63, 3.8) is 0 Å². The van der Waals surface area contributed by atoms with Crippen molar-refractivity contribution >= 4 is 32.1 Å². The summed E-state index contributed by atoms with van der Waals surface area (Å²) < 4.78 is 7.35. The molecule has 0 bridgehead atoms.